The lowest BCUT2D eigenvalue weighted by Gasteiger charge is -2.08. The number of rotatable bonds is 6. The van der Waals surface area contributed by atoms with Crippen molar-refractivity contribution in [3.05, 3.63) is 64.7 Å². The number of Topliss-reactive ketones (excluding diaryl/α,β-unsaturated/α-hetero) is 1. The Bertz CT molecular complexity index is 901. The molecule has 0 saturated heterocycles. The molecule has 1 saturated carbocycles. The van der Waals surface area contributed by atoms with Crippen molar-refractivity contribution < 1.29 is 19.1 Å². The molecule has 5 nitrogen and oxygen atoms in total. The minimum absolute atomic E-state index is 0.138. The maximum absolute atomic E-state index is 13.1. The average Bonchev–Trinajstić information content (AvgIpc) is 3.38. The summed E-state index contributed by atoms with van der Waals surface area (Å²) in [6, 6.07) is 15.5. The van der Waals surface area contributed by atoms with Crippen LogP contribution in [0.1, 0.15) is 28.8 Å². The number of ketones is 1. The van der Waals surface area contributed by atoms with Gasteiger partial charge in [-0.15, -0.1) is 0 Å². The molecule has 0 spiro atoms. The van der Waals surface area contributed by atoms with Crippen LogP contribution in [-0.2, 0) is 9.53 Å². The molecule has 6 heteroatoms. The van der Waals surface area contributed by atoms with E-state index in [1.807, 2.05) is 0 Å². The molecule has 1 aliphatic carbocycles. The van der Waals surface area contributed by atoms with E-state index in [2.05, 4.69) is 6.07 Å². The van der Waals surface area contributed by atoms with Gasteiger partial charge in [-0.05, 0) is 48.9 Å². The Balaban J connectivity index is 2.01. The van der Waals surface area contributed by atoms with Crippen molar-refractivity contribution in [2.75, 3.05) is 13.7 Å². The largest absolute Gasteiger partial charge is 0.497 e. The minimum Gasteiger partial charge on any atom is -0.497 e. The second kappa shape index (κ2) is 7.42. The Morgan fingerprint density at radius 1 is 1.15 bits per heavy atom. The number of hydrogen-bond donors (Lipinski definition) is 0. The topological polar surface area (TPSA) is 76.4 Å². The Hall–Kier alpha value is -2.84. The van der Waals surface area contributed by atoms with Crippen LogP contribution in [0.15, 0.2) is 48.5 Å². The molecule has 1 fully saturated rings. The van der Waals surface area contributed by atoms with E-state index >= 15 is 0 Å². The fraction of sp³-hybridized carbons (Fsp3) is 0.286. The highest BCUT2D eigenvalue weighted by Crippen LogP contribution is 2.66. The fourth-order valence-electron chi connectivity index (χ4n) is 3.50. The van der Waals surface area contributed by atoms with Gasteiger partial charge in [0.2, 0.25) is 0 Å². The van der Waals surface area contributed by atoms with Crippen LogP contribution in [0.2, 0.25) is 5.02 Å². The summed E-state index contributed by atoms with van der Waals surface area (Å²) in [5, 5.41) is 10.4. The quantitative estimate of drug-likeness (QED) is 0.556. The first-order chi connectivity index (χ1) is 13.0. The van der Waals surface area contributed by atoms with Gasteiger partial charge in [-0.2, -0.15) is 5.26 Å². The molecule has 3 rings (SSSR count). The van der Waals surface area contributed by atoms with Crippen LogP contribution in [0.3, 0.4) is 0 Å². The second-order valence-corrected chi connectivity index (χ2v) is 6.74. The molecule has 0 aromatic heterocycles. The van der Waals surface area contributed by atoms with Gasteiger partial charge in [0.05, 0.1) is 25.7 Å². The maximum atomic E-state index is 13.1. The molecule has 0 aliphatic heterocycles. The second-order valence-electron chi connectivity index (χ2n) is 6.30. The van der Waals surface area contributed by atoms with Crippen molar-refractivity contribution in [3.8, 4) is 11.8 Å². The van der Waals surface area contributed by atoms with Gasteiger partial charge in [-0.1, -0.05) is 23.7 Å². The van der Waals surface area contributed by atoms with E-state index in [4.69, 9.17) is 21.1 Å². The zero-order chi connectivity index (χ0) is 19.6. The number of esters is 1. The molecule has 0 radical (unpaired) electrons. The fourth-order valence-corrected chi connectivity index (χ4v) is 3.62. The van der Waals surface area contributed by atoms with Crippen molar-refractivity contribution in [2.45, 2.75) is 12.8 Å². The molecule has 138 valence electrons. The Morgan fingerprint density at radius 3 is 2.30 bits per heavy atom. The van der Waals surface area contributed by atoms with Gasteiger partial charge < -0.3 is 9.47 Å². The molecule has 0 amide bonds. The first kappa shape index (κ1) is 18.9. The average molecular weight is 384 g/mol. The van der Waals surface area contributed by atoms with Gasteiger partial charge in [0.25, 0.3) is 0 Å². The Kier molecular flexibility index (Phi) is 5.20. The number of benzene rings is 2. The van der Waals surface area contributed by atoms with Crippen LogP contribution in [-0.4, -0.2) is 25.5 Å². The van der Waals surface area contributed by atoms with Crippen molar-refractivity contribution in [1.29, 1.82) is 5.26 Å². The van der Waals surface area contributed by atoms with E-state index in [9.17, 15) is 14.9 Å². The third-order valence-corrected chi connectivity index (χ3v) is 5.14. The summed E-state index contributed by atoms with van der Waals surface area (Å²) in [6.45, 7) is 1.81. The molecular formula is C21H18ClNO4. The van der Waals surface area contributed by atoms with Gasteiger partial charge in [0, 0.05) is 16.5 Å². The SMILES string of the molecule is CCOC(=O)[C@@]1(C#N)[C@H](C(=O)c2ccc(OC)cc2)[C@H]1c1ccc(Cl)cc1. The summed E-state index contributed by atoms with van der Waals surface area (Å²) in [6.07, 6.45) is 0. The number of carbonyl (C=O) groups is 2. The van der Waals surface area contributed by atoms with Crippen LogP contribution in [0.4, 0.5) is 0 Å². The molecule has 0 bridgehead atoms. The van der Waals surface area contributed by atoms with Gasteiger partial charge in [0.15, 0.2) is 11.2 Å². The normalized spacial score (nSPS) is 23.2. The van der Waals surface area contributed by atoms with Crippen molar-refractivity contribution >= 4 is 23.4 Å². The number of ether oxygens (including phenoxy) is 2. The first-order valence-corrected chi connectivity index (χ1v) is 8.89. The summed E-state index contributed by atoms with van der Waals surface area (Å²) in [5.74, 6) is -1.70. The van der Waals surface area contributed by atoms with Crippen molar-refractivity contribution in [3.63, 3.8) is 0 Å². The van der Waals surface area contributed by atoms with Crippen LogP contribution in [0.25, 0.3) is 0 Å². The van der Waals surface area contributed by atoms with Crippen LogP contribution >= 0.6 is 11.6 Å². The zero-order valence-corrected chi connectivity index (χ0v) is 15.7. The first-order valence-electron chi connectivity index (χ1n) is 8.51. The minimum atomic E-state index is -1.53. The number of nitrogens with zero attached hydrogens (tertiary/aromatic N) is 1. The van der Waals surface area contributed by atoms with Crippen molar-refractivity contribution in [2.24, 2.45) is 11.3 Å². The molecule has 27 heavy (non-hydrogen) atoms. The smallest absolute Gasteiger partial charge is 0.327 e. The molecular weight excluding hydrogens is 366 g/mol. The summed E-state index contributed by atoms with van der Waals surface area (Å²) >= 11 is 5.94. The Labute approximate surface area is 162 Å². The van der Waals surface area contributed by atoms with E-state index in [0.717, 1.165) is 0 Å². The van der Waals surface area contributed by atoms with E-state index in [1.54, 1.807) is 55.5 Å². The monoisotopic (exact) mass is 383 g/mol. The van der Waals surface area contributed by atoms with E-state index in [1.165, 1.54) is 7.11 Å². The predicted molar refractivity (Wildman–Crippen MR) is 99.7 cm³/mol. The standard InChI is InChI=1S/C21H18ClNO4/c1-3-27-20(25)21(12-23)17(13-4-8-15(22)9-5-13)18(21)19(24)14-6-10-16(26-2)11-7-14/h4-11,17-18H,3H2,1-2H3/t17-,18+,21-/m1/s1. The van der Waals surface area contributed by atoms with Crippen molar-refractivity contribution in [1.82, 2.24) is 0 Å². The summed E-state index contributed by atoms with van der Waals surface area (Å²) in [4.78, 5) is 25.7. The number of nitriles is 1. The Morgan fingerprint density at radius 2 is 1.78 bits per heavy atom. The van der Waals surface area contributed by atoms with E-state index in [-0.39, 0.29) is 12.4 Å². The van der Waals surface area contributed by atoms with E-state index in [0.29, 0.717) is 21.9 Å². The molecule has 3 atom stereocenters. The highest BCUT2D eigenvalue weighted by atomic mass is 35.5. The van der Waals surface area contributed by atoms with Crippen LogP contribution in [0.5, 0.6) is 5.75 Å². The molecule has 0 N–H and O–H groups in total. The highest BCUT2D eigenvalue weighted by molar-refractivity contribution is 6.30. The molecule has 0 heterocycles. The molecule has 2 aromatic rings. The zero-order valence-electron chi connectivity index (χ0n) is 14.9. The van der Waals surface area contributed by atoms with Gasteiger partial charge in [-0.25, -0.2) is 0 Å². The lowest BCUT2D eigenvalue weighted by atomic mass is 9.99. The number of hydrogen-bond acceptors (Lipinski definition) is 5. The number of halogens is 1. The number of carbonyl (C=O) groups excluding carboxylic acids is 2. The third kappa shape index (κ3) is 3.17. The molecule has 0 unspecified atom stereocenters. The van der Waals surface area contributed by atoms with Gasteiger partial charge >= 0.3 is 5.97 Å². The van der Waals surface area contributed by atoms with Gasteiger partial charge in [0.1, 0.15) is 5.75 Å². The lowest BCUT2D eigenvalue weighted by Crippen LogP contribution is -2.23. The molecule has 1 aliphatic rings. The highest BCUT2D eigenvalue weighted by Gasteiger charge is 2.75. The third-order valence-electron chi connectivity index (χ3n) is 4.89. The maximum Gasteiger partial charge on any atom is 0.327 e. The van der Waals surface area contributed by atoms with E-state index < -0.39 is 23.2 Å². The predicted octanol–water partition coefficient (Wildman–Crippen LogP) is 4.02. The van der Waals surface area contributed by atoms with Gasteiger partial charge in [-0.3, -0.25) is 9.59 Å². The summed E-state index contributed by atoms with van der Waals surface area (Å²) in [5.41, 5.74) is -0.400. The number of methoxy groups -OCH3 is 1. The van der Waals surface area contributed by atoms with Crippen LogP contribution in [0, 0.1) is 22.7 Å². The molecule has 2 aromatic carbocycles. The lowest BCUT2D eigenvalue weighted by molar-refractivity contribution is -0.147. The van der Waals surface area contributed by atoms with Crippen LogP contribution < -0.4 is 4.74 Å². The summed E-state index contributed by atoms with van der Waals surface area (Å²) < 4.78 is 10.2. The summed E-state index contributed by atoms with van der Waals surface area (Å²) in [7, 11) is 1.54.